The van der Waals surface area contributed by atoms with E-state index in [0.717, 1.165) is 11.1 Å². The van der Waals surface area contributed by atoms with Crippen LogP contribution in [0.5, 0.6) is 0 Å². The van der Waals surface area contributed by atoms with Crippen molar-refractivity contribution in [1.82, 2.24) is 0 Å². The van der Waals surface area contributed by atoms with Crippen molar-refractivity contribution in [2.75, 3.05) is 0 Å². The van der Waals surface area contributed by atoms with Crippen molar-refractivity contribution in [3.63, 3.8) is 0 Å². The van der Waals surface area contributed by atoms with Crippen molar-refractivity contribution in [3.05, 3.63) is 69.7 Å². The summed E-state index contributed by atoms with van der Waals surface area (Å²) in [5.74, 6) is 0.0333. The Kier molecular flexibility index (Phi) is 4.25. The van der Waals surface area contributed by atoms with Crippen LogP contribution in [0.3, 0.4) is 0 Å². The molecule has 3 heteroatoms. The van der Waals surface area contributed by atoms with Gasteiger partial charge in [-0.25, -0.2) is 0 Å². The van der Waals surface area contributed by atoms with Crippen molar-refractivity contribution >= 4 is 23.2 Å². The van der Waals surface area contributed by atoms with Crippen molar-refractivity contribution in [2.24, 2.45) is 0 Å². The molecule has 0 aliphatic heterocycles. The highest BCUT2D eigenvalue weighted by atomic mass is 35.5. The second-order valence-corrected chi connectivity index (χ2v) is 4.81. The smallest absolute Gasteiger partial charge is 0.0631 e. The SMILES string of the molecule is N#CCC(c1ccccc1)c1ccc(Cl)c(Cl)c1. The first-order valence-corrected chi connectivity index (χ1v) is 6.35. The average Bonchev–Trinajstić information content (AvgIpc) is 2.40. The first kappa shape index (κ1) is 13.0. The predicted molar refractivity (Wildman–Crippen MR) is 75.0 cm³/mol. The van der Waals surface area contributed by atoms with Crippen molar-refractivity contribution < 1.29 is 0 Å². The van der Waals surface area contributed by atoms with Crippen LogP contribution in [-0.2, 0) is 0 Å². The molecular weight excluding hydrogens is 265 g/mol. The first-order valence-electron chi connectivity index (χ1n) is 5.59. The normalized spacial score (nSPS) is 11.8. The monoisotopic (exact) mass is 275 g/mol. The van der Waals surface area contributed by atoms with Gasteiger partial charge in [0.25, 0.3) is 0 Å². The molecule has 1 unspecified atom stereocenters. The number of hydrogen-bond donors (Lipinski definition) is 0. The van der Waals surface area contributed by atoms with E-state index in [1.54, 1.807) is 6.07 Å². The minimum atomic E-state index is 0.0333. The zero-order chi connectivity index (χ0) is 13.0. The molecule has 0 bridgehead atoms. The lowest BCUT2D eigenvalue weighted by Crippen LogP contribution is -2.00. The molecule has 0 heterocycles. The fraction of sp³-hybridized carbons (Fsp3) is 0.133. The lowest BCUT2D eigenvalue weighted by atomic mass is 9.89. The van der Waals surface area contributed by atoms with Gasteiger partial charge in [0.15, 0.2) is 0 Å². The molecular formula is C15H11Cl2N. The van der Waals surface area contributed by atoms with Gasteiger partial charge in [0.1, 0.15) is 0 Å². The molecule has 0 aliphatic rings. The van der Waals surface area contributed by atoms with Crippen LogP contribution in [0.1, 0.15) is 23.5 Å². The fourth-order valence-corrected chi connectivity index (χ4v) is 2.24. The summed E-state index contributed by atoms with van der Waals surface area (Å²) in [6.45, 7) is 0. The second-order valence-electron chi connectivity index (χ2n) is 4.00. The molecule has 2 aromatic carbocycles. The number of nitriles is 1. The van der Waals surface area contributed by atoms with Gasteiger partial charge in [-0.1, -0.05) is 59.6 Å². The molecule has 90 valence electrons. The van der Waals surface area contributed by atoms with Crippen LogP contribution in [0.2, 0.25) is 10.0 Å². The molecule has 0 fully saturated rings. The van der Waals surface area contributed by atoms with Gasteiger partial charge in [-0.2, -0.15) is 5.26 Å². The number of rotatable bonds is 3. The maximum Gasteiger partial charge on any atom is 0.0631 e. The quantitative estimate of drug-likeness (QED) is 0.770. The fourth-order valence-electron chi connectivity index (χ4n) is 1.93. The number of halogens is 2. The van der Waals surface area contributed by atoms with Gasteiger partial charge in [0.05, 0.1) is 16.1 Å². The molecule has 2 rings (SSSR count). The molecule has 0 aromatic heterocycles. The molecule has 0 spiro atoms. The highest BCUT2D eigenvalue weighted by Crippen LogP contribution is 2.32. The molecule has 0 aliphatic carbocycles. The summed E-state index contributed by atoms with van der Waals surface area (Å²) >= 11 is 11.9. The molecule has 0 saturated carbocycles. The Hall–Kier alpha value is -1.49. The predicted octanol–water partition coefficient (Wildman–Crippen LogP) is 5.04. The highest BCUT2D eigenvalue weighted by Gasteiger charge is 2.14. The third kappa shape index (κ3) is 2.85. The van der Waals surface area contributed by atoms with Crippen LogP contribution in [0.15, 0.2) is 48.5 Å². The molecule has 18 heavy (non-hydrogen) atoms. The Balaban J connectivity index is 2.42. The summed E-state index contributed by atoms with van der Waals surface area (Å²) in [5.41, 5.74) is 2.12. The Bertz CT molecular complexity index is 573. The van der Waals surface area contributed by atoms with Crippen LogP contribution < -0.4 is 0 Å². The Morgan fingerprint density at radius 2 is 1.67 bits per heavy atom. The van der Waals surface area contributed by atoms with Crippen molar-refractivity contribution in [2.45, 2.75) is 12.3 Å². The molecule has 0 radical (unpaired) electrons. The molecule has 2 aromatic rings. The summed E-state index contributed by atoms with van der Waals surface area (Å²) in [6.07, 6.45) is 0.419. The van der Waals surface area contributed by atoms with E-state index in [4.69, 9.17) is 28.5 Å². The van der Waals surface area contributed by atoms with E-state index in [0.29, 0.717) is 16.5 Å². The summed E-state index contributed by atoms with van der Waals surface area (Å²) in [5, 5.41) is 10.0. The minimum Gasteiger partial charge on any atom is -0.198 e. The van der Waals surface area contributed by atoms with Crippen molar-refractivity contribution in [3.8, 4) is 6.07 Å². The minimum absolute atomic E-state index is 0.0333. The molecule has 1 atom stereocenters. The zero-order valence-corrected chi connectivity index (χ0v) is 11.1. The number of benzene rings is 2. The van der Waals surface area contributed by atoms with E-state index in [9.17, 15) is 0 Å². The number of hydrogen-bond acceptors (Lipinski definition) is 1. The molecule has 0 saturated heterocycles. The average molecular weight is 276 g/mol. The van der Waals surface area contributed by atoms with Gasteiger partial charge in [0.2, 0.25) is 0 Å². The summed E-state index contributed by atoms with van der Waals surface area (Å²) in [4.78, 5) is 0. The van der Waals surface area contributed by atoms with Crippen LogP contribution in [0.4, 0.5) is 0 Å². The topological polar surface area (TPSA) is 23.8 Å². The van der Waals surface area contributed by atoms with E-state index < -0.39 is 0 Å². The van der Waals surface area contributed by atoms with Gasteiger partial charge in [0, 0.05) is 12.3 Å². The Morgan fingerprint density at radius 3 is 2.28 bits per heavy atom. The number of nitrogens with zero attached hydrogens (tertiary/aromatic N) is 1. The highest BCUT2D eigenvalue weighted by molar-refractivity contribution is 6.42. The van der Waals surface area contributed by atoms with Gasteiger partial charge in [-0.3, -0.25) is 0 Å². The van der Waals surface area contributed by atoms with Gasteiger partial charge >= 0.3 is 0 Å². The van der Waals surface area contributed by atoms with Gasteiger partial charge in [-0.05, 0) is 23.3 Å². The van der Waals surface area contributed by atoms with Crippen molar-refractivity contribution in [1.29, 1.82) is 5.26 Å². The maximum atomic E-state index is 8.97. The van der Waals surface area contributed by atoms with E-state index in [1.165, 1.54) is 0 Å². The Labute approximate surface area is 117 Å². The van der Waals surface area contributed by atoms with Crippen LogP contribution in [0.25, 0.3) is 0 Å². The standard InChI is InChI=1S/C15H11Cl2N/c16-14-7-6-12(10-15(14)17)13(8-9-18)11-4-2-1-3-5-11/h1-7,10,13H,8H2. The summed E-state index contributed by atoms with van der Waals surface area (Å²) < 4.78 is 0. The second kappa shape index (κ2) is 5.91. The van der Waals surface area contributed by atoms with Gasteiger partial charge < -0.3 is 0 Å². The molecule has 0 N–H and O–H groups in total. The van der Waals surface area contributed by atoms with Crippen LogP contribution in [-0.4, -0.2) is 0 Å². The third-order valence-corrected chi connectivity index (χ3v) is 3.58. The largest absolute Gasteiger partial charge is 0.198 e. The van der Waals surface area contributed by atoms with E-state index in [2.05, 4.69) is 6.07 Å². The zero-order valence-electron chi connectivity index (χ0n) is 9.61. The first-order chi connectivity index (χ1) is 8.72. The van der Waals surface area contributed by atoms with E-state index >= 15 is 0 Å². The van der Waals surface area contributed by atoms with Crippen LogP contribution in [0, 0.1) is 11.3 Å². The Morgan fingerprint density at radius 1 is 0.944 bits per heavy atom. The lowest BCUT2D eigenvalue weighted by molar-refractivity contribution is 0.838. The summed E-state index contributed by atoms with van der Waals surface area (Å²) in [7, 11) is 0. The van der Waals surface area contributed by atoms with E-state index in [-0.39, 0.29) is 5.92 Å². The van der Waals surface area contributed by atoms with Crippen LogP contribution >= 0.6 is 23.2 Å². The molecule has 0 amide bonds. The lowest BCUT2D eigenvalue weighted by Gasteiger charge is -2.15. The third-order valence-electron chi connectivity index (χ3n) is 2.84. The molecule has 1 nitrogen and oxygen atoms in total. The maximum absolute atomic E-state index is 8.97. The van der Waals surface area contributed by atoms with E-state index in [1.807, 2.05) is 42.5 Å². The van der Waals surface area contributed by atoms with Gasteiger partial charge in [-0.15, -0.1) is 0 Å². The summed E-state index contributed by atoms with van der Waals surface area (Å²) in [6, 6.07) is 17.7.